The molecule has 0 aliphatic rings. The average Bonchev–Trinajstić information content (AvgIpc) is 2.78. The summed E-state index contributed by atoms with van der Waals surface area (Å²) in [5, 5.41) is 6.56. The van der Waals surface area contributed by atoms with E-state index in [-0.39, 0.29) is 24.0 Å². The molecule has 9 heteroatoms. The van der Waals surface area contributed by atoms with Crippen molar-refractivity contribution >= 4 is 35.6 Å². The van der Waals surface area contributed by atoms with Crippen molar-refractivity contribution < 1.29 is 23.7 Å². The highest BCUT2D eigenvalue weighted by molar-refractivity contribution is 14.0. The summed E-state index contributed by atoms with van der Waals surface area (Å²) >= 11 is 0. The molecule has 31 heavy (non-hydrogen) atoms. The van der Waals surface area contributed by atoms with E-state index in [1.165, 1.54) is 0 Å². The number of benzene rings is 2. The summed E-state index contributed by atoms with van der Waals surface area (Å²) in [6, 6.07) is 9.49. The predicted molar refractivity (Wildman–Crippen MR) is 134 cm³/mol. The molecule has 2 rings (SSSR count). The number of halogens is 1. The largest absolute Gasteiger partial charge is 0.493 e. The third-order valence-corrected chi connectivity index (χ3v) is 4.42. The average molecular weight is 545 g/mol. The van der Waals surface area contributed by atoms with Crippen molar-refractivity contribution in [1.82, 2.24) is 5.32 Å². The fourth-order valence-corrected chi connectivity index (χ4v) is 3.01. The lowest BCUT2D eigenvalue weighted by Crippen LogP contribution is -2.32. The van der Waals surface area contributed by atoms with E-state index in [0.717, 1.165) is 11.3 Å². The van der Waals surface area contributed by atoms with Crippen molar-refractivity contribution in [3.63, 3.8) is 0 Å². The van der Waals surface area contributed by atoms with Gasteiger partial charge in [0.1, 0.15) is 0 Å². The highest BCUT2D eigenvalue weighted by Gasteiger charge is 2.15. The molecule has 0 fully saturated rings. The lowest BCUT2D eigenvalue weighted by atomic mass is 10.1. The van der Waals surface area contributed by atoms with Crippen LogP contribution < -0.4 is 34.3 Å². The molecule has 0 bridgehead atoms. The van der Waals surface area contributed by atoms with E-state index in [0.29, 0.717) is 54.3 Å². The van der Waals surface area contributed by atoms with Crippen LogP contribution in [0.5, 0.6) is 28.7 Å². The van der Waals surface area contributed by atoms with Gasteiger partial charge in [-0.25, -0.2) is 0 Å². The van der Waals surface area contributed by atoms with Crippen LogP contribution in [0.25, 0.3) is 0 Å². The van der Waals surface area contributed by atoms with Gasteiger partial charge in [-0.2, -0.15) is 0 Å². The molecule has 0 aliphatic carbocycles. The van der Waals surface area contributed by atoms with Crippen LogP contribution in [0.15, 0.2) is 35.3 Å². The van der Waals surface area contributed by atoms with Crippen LogP contribution in [-0.4, -0.2) is 54.6 Å². The highest BCUT2D eigenvalue weighted by atomic mass is 127. The quantitative estimate of drug-likeness (QED) is 0.266. The predicted octanol–water partition coefficient (Wildman–Crippen LogP) is 3.97. The number of nitrogens with one attached hydrogen (secondary N) is 2. The standard InChI is InChI=1S/C22H31N3O5.HI/c1-7-30-19-14-16(9-11-17(19)26-3)25-22(23-2)24-13-12-15-8-10-18(27-4)21(29-6)20(15)28-5;/h8-11,14H,7,12-13H2,1-6H3,(H2,23,24,25);1H. The van der Waals surface area contributed by atoms with Crippen molar-refractivity contribution in [2.24, 2.45) is 4.99 Å². The Morgan fingerprint density at radius 2 is 1.55 bits per heavy atom. The van der Waals surface area contributed by atoms with Gasteiger partial charge < -0.3 is 34.3 Å². The van der Waals surface area contributed by atoms with Crippen LogP contribution in [0.4, 0.5) is 5.69 Å². The molecule has 0 aromatic heterocycles. The van der Waals surface area contributed by atoms with Crippen LogP contribution in [0, 0.1) is 0 Å². The molecule has 0 atom stereocenters. The molecule has 2 N–H and O–H groups in total. The van der Waals surface area contributed by atoms with Gasteiger partial charge in [0.15, 0.2) is 29.0 Å². The third-order valence-electron chi connectivity index (χ3n) is 4.42. The van der Waals surface area contributed by atoms with E-state index in [1.807, 2.05) is 37.3 Å². The van der Waals surface area contributed by atoms with E-state index in [2.05, 4.69) is 15.6 Å². The van der Waals surface area contributed by atoms with Crippen molar-refractivity contribution in [1.29, 1.82) is 0 Å². The number of hydrogen-bond donors (Lipinski definition) is 2. The Labute approximate surface area is 201 Å². The Hall–Kier alpha value is -2.56. The fourth-order valence-electron chi connectivity index (χ4n) is 3.01. The summed E-state index contributed by atoms with van der Waals surface area (Å²) in [5.41, 5.74) is 1.84. The number of rotatable bonds is 10. The van der Waals surface area contributed by atoms with E-state index in [9.17, 15) is 0 Å². The summed E-state index contributed by atoms with van der Waals surface area (Å²) in [5.74, 6) is 3.89. The SMILES string of the molecule is CCOc1cc(NC(=NC)NCCc2ccc(OC)c(OC)c2OC)ccc1OC.I. The van der Waals surface area contributed by atoms with Crippen LogP contribution in [0.3, 0.4) is 0 Å². The Morgan fingerprint density at radius 3 is 2.13 bits per heavy atom. The molecule has 0 aliphatic heterocycles. The summed E-state index contributed by atoms with van der Waals surface area (Å²) in [4.78, 5) is 4.28. The third kappa shape index (κ3) is 6.98. The smallest absolute Gasteiger partial charge is 0.203 e. The summed E-state index contributed by atoms with van der Waals surface area (Å²) in [6.45, 7) is 3.13. The lowest BCUT2D eigenvalue weighted by molar-refractivity contribution is 0.311. The monoisotopic (exact) mass is 545 g/mol. The fraction of sp³-hybridized carbons (Fsp3) is 0.409. The van der Waals surface area contributed by atoms with Gasteiger partial charge in [0, 0.05) is 30.9 Å². The van der Waals surface area contributed by atoms with Gasteiger partial charge in [0.2, 0.25) is 5.75 Å². The minimum atomic E-state index is 0. The zero-order valence-corrected chi connectivity index (χ0v) is 21.2. The molecular formula is C22H32IN3O5. The summed E-state index contributed by atoms with van der Waals surface area (Å²) in [6.07, 6.45) is 0.705. The first-order valence-electron chi connectivity index (χ1n) is 9.68. The second-order valence-corrected chi connectivity index (χ2v) is 6.17. The molecule has 0 heterocycles. The van der Waals surface area contributed by atoms with Crippen LogP contribution in [0.1, 0.15) is 12.5 Å². The first kappa shape index (κ1) is 26.5. The zero-order chi connectivity index (χ0) is 21.9. The van der Waals surface area contributed by atoms with Crippen LogP contribution in [0.2, 0.25) is 0 Å². The van der Waals surface area contributed by atoms with Crippen molar-refractivity contribution in [3.8, 4) is 28.7 Å². The Kier molecular flexibility index (Phi) is 11.7. The molecule has 0 amide bonds. The van der Waals surface area contributed by atoms with E-state index in [1.54, 1.807) is 35.5 Å². The van der Waals surface area contributed by atoms with Crippen molar-refractivity contribution in [2.75, 3.05) is 54.0 Å². The Morgan fingerprint density at radius 1 is 0.871 bits per heavy atom. The lowest BCUT2D eigenvalue weighted by Gasteiger charge is -2.17. The maximum absolute atomic E-state index is 5.63. The zero-order valence-electron chi connectivity index (χ0n) is 18.9. The molecule has 2 aromatic rings. The second kappa shape index (κ2) is 13.7. The minimum Gasteiger partial charge on any atom is -0.493 e. The highest BCUT2D eigenvalue weighted by Crippen LogP contribution is 2.39. The number of aliphatic imine (C=N–C) groups is 1. The molecule has 8 nitrogen and oxygen atoms in total. The van der Waals surface area contributed by atoms with Gasteiger partial charge in [0.25, 0.3) is 0 Å². The molecule has 0 radical (unpaired) electrons. The normalized spacial score (nSPS) is 10.6. The number of hydrogen-bond acceptors (Lipinski definition) is 6. The molecule has 0 saturated carbocycles. The van der Waals surface area contributed by atoms with Crippen molar-refractivity contribution in [3.05, 3.63) is 35.9 Å². The van der Waals surface area contributed by atoms with E-state index >= 15 is 0 Å². The van der Waals surface area contributed by atoms with E-state index in [4.69, 9.17) is 23.7 Å². The molecule has 0 saturated heterocycles. The Bertz CT molecular complexity index is 861. The number of guanidine groups is 1. The number of methoxy groups -OCH3 is 4. The maximum Gasteiger partial charge on any atom is 0.203 e. The minimum absolute atomic E-state index is 0. The first-order valence-corrected chi connectivity index (χ1v) is 9.68. The van der Waals surface area contributed by atoms with Crippen molar-refractivity contribution in [2.45, 2.75) is 13.3 Å². The van der Waals surface area contributed by atoms with Gasteiger partial charge >= 0.3 is 0 Å². The van der Waals surface area contributed by atoms with Gasteiger partial charge in [-0.1, -0.05) is 6.07 Å². The number of anilines is 1. The molecule has 0 unspecified atom stereocenters. The van der Waals surface area contributed by atoms with E-state index < -0.39 is 0 Å². The number of nitrogens with zero attached hydrogens (tertiary/aromatic N) is 1. The van der Waals surface area contributed by atoms with Gasteiger partial charge in [-0.3, -0.25) is 4.99 Å². The van der Waals surface area contributed by atoms with Crippen LogP contribution >= 0.6 is 24.0 Å². The topological polar surface area (TPSA) is 82.6 Å². The molecule has 172 valence electrons. The maximum atomic E-state index is 5.63. The van der Waals surface area contributed by atoms with Crippen LogP contribution in [-0.2, 0) is 6.42 Å². The van der Waals surface area contributed by atoms with Gasteiger partial charge in [-0.05, 0) is 31.5 Å². The Balaban J connectivity index is 0.00000480. The second-order valence-electron chi connectivity index (χ2n) is 6.17. The summed E-state index contributed by atoms with van der Waals surface area (Å²) in [7, 11) is 8.16. The van der Waals surface area contributed by atoms with Gasteiger partial charge in [-0.15, -0.1) is 24.0 Å². The molecule has 2 aromatic carbocycles. The number of ether oxygens (including phenoxy) is 5. The molecular weight excluding hydrogens is 513 g/mol. The summed E-state index contributed by atoms with van der Waals surface area (Å²) < 4.78 is 27.3. The molecule has 0 spiro atoms. The first-order chi connectivity index (χ1) is 14.6. The van der Waals surface area contributed by atoms with Gasteiger partial charge in [0.05, 0.1) is 35.0 Å².